The molecule has 0 saturated carbocycles. The van der Waals surface area contributed by atoms with Gasteiger partial charge in [0.15, 0.2) is 0 Å². The number of likely N-dealkylation sites (tertiary alicyclic amines) is 1. The summed E-state index contributed by atoms with van der Waals surface area (Å²) < 4.78 is 0. The number of piperidine rings is 1. The zero-order valence-corrected chi connectivity index (χ0v) is 13.2. The van der Waals surface area contributed by atoms with Crippen LogP contribution < -0.4 is 0 Å². The van der Waals surface area contributed by atoms with Crippen LogP contribution in [0.15, 0.2) is 30.3 Å². The van der Waals surface area contributed by atoms with E-state index in [0.29, 0.717) is 5.41 Å². The van der Waals surface area contributed by atoms with Crippen molar-refractivity contribution in [2.75, 3.05) is 13.1 Å². The fraction of sp³-hybridized carbons (Fsp3) is 0.667. The number of aliphatic hydroxyl groups excluding tert-OH is 1. The molecule has 1 atom stereocenters. The fourth-order valence-electron chi connectivity index (χ4n) is 3.19. The molecule has 0 bridgehead atoms. The van der Waals surface area contributed by atoms with E-state index < -0.39 is 0 Å². The van der Waals surface area contributed by atoms with E-state index in [-0.39, 0.29) is 6.23 Å². The molecule has 112 valence electrons. The minimum absolute atomic E-state index is 0.281. The van der Waals surface area contributed by atoms with Crippen molar-refractivity contribution >= 4 is 0 Å². The lowest BCUT2D eigenvalue weighted by atomic mass is 9.75. The van der Waals surface area contributed by atoms with Crippen molar-refractivity contribution in [1.82, 2.24) is 4.90 Å². The minimum atomic E-state index is -0.281. The van der Waals surface area contributed by atoms with Crippen LogP contribution in [0.25, 0.3) is 0 Å². The number of aliphatic hydroxyl groups is 1. The van der Waals surface area contributed by atoms with Crippen molar-refractivity contribution in [2.45, 2.75) is 52.7 Å². The van der Waals surface area contributed by atoms with Crippen LogP contribution in [0.3, 0.4) is 0 Å². The second-order valence-electron chi connectivity index (χ2n) is 7.18. The van der Waals surface area contributed by atoms with E-state index in [1.54, 1.807) is 0 Å². The molecule has 0 spiro atoms. The predicted octanol–water partition coefficient (Wildman–Crippen LogP) is 3.70. The highest BCUT2D eigenvalue weighted by molar-refractivity contribution is 5.14. The molecule has 20 heavy (non-hydrogen) atoms. The highest BCUT2D eigenvalue weighted by Crippen LogP contribution is 2.34. The quantitative estimate of drug-likeness (QED) is 0.906. The second-order valence-corrected chi connectivity index (χ2v) is 7.18. The Balaban J connectivity index is 1.76. The number of aryl methyl sites for hydroxylation is 1. The maximum absolute atomic E-state index is 10.4. The van der Waals surface area contributed by atoms with Crippen LogP contribution in [-0.2, 0) is 6.42 Å². The van der Waals surface area contributed by atoms with Crippen LogP contribution in [0.4, 0.5) is 0 Å². The average molecular weight is 275 g/mol. The molecule has 1 aliphatic heterocycles. The normalized spacial score (nSPS) is 20.0. The predicted molar refractivity (Wildman–Crippen MR) is 84.5 cm³/mol. The van der Waals surface area contributed by atoms with Gasteiger partial charge in [-0.15, -0.1) is 0 Å². The first-order valence-electron chi connectivity index (χ1n) is 7.93. The van der Waals surface area contributed by atoms with Gasteiger partial charge in [0.05, 0.1) is 0 Å². The monoisotopic (exact) mass is 275 g/mol. The highest BCUT2D eigenvalue weighted by Gasteiger charge is 2.30. The molecule has 2 nitrogen and oxygen atoms in total. The standard InChI is InChI=1S/C18H29NO/c1-18(2,3)16-11-13-19(14-12-16)17(20)10-9-15-7-5-4-6-8-15/h4-8,16-17,20H,9-14H2,1-3H3/t17-/m1/s1. The van der Waals surface area contributed by atoms with Crippen molar-refractivity contribution in [3.63, 3.8) is 0 Å². The maximum atomic E-state index is 10.4. The van der Waals surface area contributed by atoms with Gasteiger partial charge in [0.2, 0.25) is 0 Å². The Labute approximate surface area is 123 Å². The van der Waals surface area contributed by atoms with Gasteiger partial charge in [0.25, 0.3) is 0 Å². The van der Waals surface area contributed by atoms with Crippen molar-refractivity contribution in [2.24, 2.45) is 11.3 Å². The molecular weight excluding hydrogens is 246 g/mol. The zero-order chi connectivity index (χ0) is 14.6. The van der Waals surface area contributed by atoms with E-state index in [1.165, 1.54) is 18.4 Å². The molecule has 1 aromatic rings. The third-order valence-electron chi connectivity index (χ3n) is 4.71. The molecule has 0 aliphatic carbocycles. The van der Waals surface area contributed by atoms with Gasteiger partial charge in [-0.3, -0.25) is 4.90 Å². The molecule has 0 amide bonds. The van der Waals surface area contributed by atoms with Crippen molar-refractivity contribution in [1.29, 1.82) is 0 Å². The smallest absolute Gasteiger partial charge is 0.107 e. The topological polar surface area (TPSA) is 23.5 Å². The van der Waals surface area contributed by atoms with Crippen molar-refractivity contribution in [3.8, 4) is 0 Å². The molecule has 1 saturated heterocycles. The molecule has 2 rings (SSSR count). The first-order valence-corrected chi connectivity index (χ1v) is 7.93. The summed E-state index contributed by atoms with van der Waals surface area (Å²) in [7, 11) is 0. The van der Waals surface area contributed by atoms with Crippen LogP contribution in [0, 0.1) is 11.3 Å². The van der Waals surface area contributed by atoms with Crippen LogP contribution in [-0.4, -0.2) is 29.3 Å². The lowest BCUT2D eigenvalue weighted by molar-refractivity contribution is -0.0322. The van der Waals surface area contributed by atoms with Crippen molar-refractivity contribution < 1.29 is 5.11 Å². The summed E-state index contributed by atoms with van der Waals surface area (Å²) in [5.74, 6) is 0.792. The molecule has 0 aromatic heterocycles. The number of benzene rings is 1. The highest BCUT2D eigenvalue weighted by atomic mass is 16.3. The zero-order valence-electron chi connectivity index (χ0n) is 13.2. The van der Waals surface area contributed by atoms with Crippen LogP contribution in [0.2, 0.25) is 0 Å². The van der Waals surface area contributed by atoms with E-state index in [1.807, 2.05) is 6.07 Å². The third kappa shape index (κ3) is 4.32. The van der Waals surface area contributed by atoms with Gasteiger partial charge in [-0.25, -0.2) is 0 Å². The summed E-state index contributed by atoms with van der Waals surface area (Å²) in [5.41, 5.74) is 1.72. The summed E-state index contributed by atoms with van der Waals surface area (Å²) in [5, 5.41) is 10.4. The van der Waals surface area contributed by atoms with E-state index in [0.717, 1.165) is 31.8 Å². The van der Waals surface area contributed by atoms with Crippen LogP contribution >= 0.6 is 0 Å². The van der Waals surface area contributed by atoms with Gasteiger partial charge in [0, 0.05) is 13.1 Å². The molecule has 1 fully saturated rings. The number of hydrogen-bond donors (Lipinski definition) is 1. The second kappa shape index (κ2) is 6.73. The lowest BCUT2D eigenvalue weighted by Crippen LogP contribution is -2.43. The van der Waals surface area contributed by atoms with Crippen LogP contribution in [0.5, 0.6) is 0 Å². The molecular formula is C18H29NO. The Morgan fingerprint density at radius 1 is 1.15 bits per heavy atom. The molecule has 2 heteroatoms. The molecule has 1 aliphatic rings. The Hall–Kier alpha value is -0.860. The van der Waals surface area contributed by atoms with E-state index in [4.69, 9.17) is 0 Å². The van der Waals surface area contributed by atoms with E-state index in [9.17, 15) is 5.11 Å². The Kier molecular flexibility index (Phi) is 5.22. The first-order chi connectivity index (χ1) is 9.47. The van der Waals surface area contributed by atoms with Gasteiger partial charge in [-0.1, -0.05) is 51.1 Å². The summed E-state index contributed by atoms with van der Waals surface area (Å²) in [6.45, 7) is 9.08. The minimum Gasteiger partial charge on any atom is -0.378 e. The largest absolute Gasteiger partial charge is 0.378 e. The number of hydrogen-bond acceptors (Lipinski definition) is 2. The Bertz CT molecular complexity index is 388. The first kappa shape index (κ1) is 15.5. The molecule has 1 aromatic carbocycles. The maximum Gasteiger partial charge on any atom is 0.107 e. The van der Waals surface area contributed by atoms with Crippen LogP contribution in [0.1, 0.15) is 45.6 Å². The molecule has 1 N–H and O–H groups in total. The van der Waals surface area contributed by atoms with Gasteiger partial charge in [-0.05, 0) is 42.6 Å². The third-order valence-corrected chi connectivity index (χ3v) is 4.71. The van der Waals surface area contributed by atoms with Gasteiger partial charge in [0.1, 0.15) is 6.23 Å². The molecule has 0 radical (unpaired) electrons. The SMILES string of the molecule is CC(C)(C)C1CCN([C@H](O)CCc2ccccc2)CC1. The Morgan fingerprint density at radius 3 is 2.30 bits per heavy atom. The van der Waals surface area contributed by atoms with Gasteiger partial charge < -0.3 is 5.11 Å². The van der Waals surface area contributed by atoms with Gasteiger partial charge >= 0.3 is 0 Å². The molecule has 0 unspecified atom stereocenters. The number of nitrogens with zero attached hydrogens (tertiary/aromatic N) is 1. The van der Waals surface area contributed by atoms with Crippen molar-refractivity contribution in [3.05, 3.63) is 35.9 Å². The van der Waals surface area contributed by atoms with E-state index in [2.05, 4.69) is 49.9 Å². The summed E-state index contributed by atoms with van der Waals surface area (Å²) in [6, 6.07) is 10.4. The summed E-state index contributed by atoms with van der Waals surface area (Å²) in [6.07, 6.45) is 3.94. The summed E-state index contributed by atoms with van der Waals surface area (Å²) >= 11 is 0. The van der Waals surface area contributed by atoms with E-state index >= 15 is 0 Å². The average Bonchev–Trinajstić information content (AvgIpc) is 2.45. The number of rotatable bonds is 4. The molecule has 1 heterocycles. The Morgan fingerprint density at radius 2 is 1.75 bits per heavy atom. The van der Waals surface area contributed by atoms with Gasteiger partial charge in [-0.2, -0.15) is 0 Å². The lowest BCUT2D eigenvalue weighted by Gasteiger charge is -2.40. The fourth-order valence-corrected chi connectivity index (χ4v) is 3.19. The summed E-state index contributed by atoms with van der Waals surface area (Å²) in [4.78, 5) is 2.26.